The summed E-state index contributed by atoms with van der Waals surface area (Å²) in [6, 6.07) is 0. The standard InChI is InChI=1S/C3H8O4Si/c4-2-1-3-7-8(5)6/h4-5H,1-3H2. The van der Waals surface area contributed by atoms with E-state index in [0.717, 1.165) is 0 Å². The predicted octanol–water partition coefficient (Wildman–Crippen LogP) is -1.21. The highest BCUT2D eigenvalue weighted by atomic mass is 28.3. The van der Waals surface area contributed by atoms with Crippen molar-refractivity contribution in [2.24, 2.45) is 0 Å². The fourth-order valence-corrected chi connectivity index (χ4v) is 0.543. The van der Waals surface area contributed by atoms with E-state index >= 15 is 0 Å². The molecule has 0 bridgehead atoms. The lowest BCUT2D eigenvalue weighted by molar-refractivity contribution is 0.192. The largest absolute Gasteiger partial charge is 0.764 e. The van der Waals surface area contributed by atoms with Crippen LogP contribution in [-0.2, 0) is 8.89 Å². The average molecular weight is 136 g/mol. The molecule has 0 atom stereocenters. The molecule has 0 fully saturated rings. The van der Waals surface area contributed by atoms with Crippen molar-refractivity contribution in [3.05, 3.63) is 0 Å². The molecule has 0 aromatic carbocycles. The van der Waals surface area contributed by atoms with Gasteiger partial charge in [-0.05, 0) is 0 Å². The van der Waals surface area contributed by atoms with E-state index in [0.29, 0.717) is 6.42 Å². The van der Waals surface area contributed by atoms with Crippen LogP contribution in [0.1, 0.15) is 6.42 Å². The number of hydrogen-bond acceptors (Lipinski definition) is 3. The third-order valence-electron chi connectivity index (χ3n) is 0.528. The lowest BCUT2D eigenvalue weighted by Crippen LogP contribution is -2.07. The molecule has 0 saturated carbocycles. The van der Waals surface area contributed by atoms with Crippen LogP contribution in [0.3, 0.4) is 0 Å². The van der Waals surface area contributed by atoms with Crippen LogP contribution >= 0.6 is 0 Å². The van der Waals surface area contributed by atoms with Gasteiger partial charge in [0.1, 0.15) is 0 Å². The molecule has 0 rings (SSSR count). The molecule has 0 spiro atoms. The van der Waals surface area contributed by atoms with Crippen LogP contribution in [0.5, 0.6) is 0 Å². The van der Waals surface area contributed by atoms with Crippen LogP contribution < -0.4 is 0 Å². The Kier molecular flexibility index (Phi) is 4.48. The number of rotatable bonds is 4. The molecular weight excluding hydrogens is 128 g/mol. The van der Waals surface area contributed by atoms with Crippen molar-refractivity contribution in [1.82, 2.24) is 0 Å². The van der Waals surface area contributed by atoms with E-state index in [1.165, 1.54) is 0 Å². The van der Waals surface area contributed by atoms with E-state index < -0.39 is 9.17 Å². The Hall–Kier alpha value is -0.423. The topological polar surface area (TPSA) is 66.8 Å². The first kappa shape index (κ1) is 7.58. The molecule has 0 aliphatic rings. The maximum Gasteiger partial charge on any atom is 0.764 e. The van der Waals surface area contributed by atoms with Crippen LogP contribution in [0.15, 0.2) is 0 Å². The fraction of sp³-hybridized carbons (Fsp3) is 1.00. The average Bonchev–Trinajstić information content (AvgIpc) is 1.66. The monoisotopic (exact) mass is 136 g/mol. The first-order valence-electron chi connectivity index (χ1n) is 2.24. The van der Waals surface area contributed by atoms with E-state index in [-0.39, 0.29) is 13.2 Å². The van der Waals surface area contributed by atoms with Gasteiger partial charge in [0.15, 0.2) is 0 Å². The molecule has 0 aromatic heterocycles. The Morgan fingerprint density at radius 3 is 2.62 bits per heavy atom. The van der Waals surface area contributed by atoms with Crippen LogP contribution in [0.4, 0.5) is 0 Å². The van der Waals surface area contributed by atoms with Crippen LogP contribution in [0.25, 0.3) is 0 Å². The molecule has 48 valence electrons. The molecule has 0 heterocycles. The van der Waals surface area contributed by atoms with E-state index in [1.54, 1.807) is 0 Å². The zero-order chi connectivity index (χ0) is 6.41. The van der Waals surface area contributed by atoms with E-state index in [2.05, 4.69) is 4.43 Å². The fourth-order valence-electron chi connectivity index (χ4n) is 0.224. The lowest BCUT2D eigenvalue weighted by Gasteiger charge is -1.94. The summed E-state index contributed by atoms with van der Waals surface area (Å²) in [4.78, 5) is 8.02. The van der Waals surface area contributed by atoms with Gasteiger partial charge in [0, 0.05) is 13.0 Å². The third kappa shape index (κ3) is 5.58. The predicted molar refractivity (Wildman–Crippen MR) is 26.3 cm³/mol. The van der Waals surface area contributed by atoms with E-state index in [1.807, 2.05) is 0 Å². The summed E-state index contributed by atoms with van der Waals surface area (Å²) in [6.45, 7) is 0.153. The summed E-state index contributed by atoms with van der Waals surface area (Å²) in [7, 11) is -2.77. The molecule has 0 aliphatic heterocycles. The van der Waals surface area contributed by atoms with Crippen molar-refractivity contribution in [2.45, 2.75) is 6.42 Å². The Balaban J connectivity index is 2.82. The molecule has 5 heteroatoms. The number of hydrogen-bond donors (Lipinski definition) is 2. The number of aliphatic hydroxyl groups is 1. The van der Waals surface area contributed by atoms with Gasteiger partial charge in [0.2, 0.25) is 0 Å². The zero-order valence-electron chi connectivity index (χ0n) is 4.33. The quantitative estimate of drug-likeness (QED) is 0.376. The lowest BCUT2D eigenvalue weighted by atomic mass is 10.5. The minimum atomic E-state index is -2.77. The van der Waals surface area contributed by atoms with Gasteiger partial charge in [-0.15, -0.1) is 0 Å². The Labute approximate surface area is 48.6 Å². The van der Waals surface area contributed by atoms with Gasteiger partial charge >= 0.3 is 9.17 Å². The summed E-state index contributed by atoms with van der Waals surface area (Å²) in [6.07, 6.45) is 0.414. The molecule has 0 aromatic rings. The summed E-state index contributed by atoms with van der Waals surface area (Å²) in [5, 5.41) is 8.13. The maximum absolute atomic E-state index is 9.76. The Bertz CT molecular complexity index is 73.7. The normalized spacial score (nSPS) is 8.62. The molecule has 0 amide bonds. The molecule has 0 aliphatic carbocycles. The van der Waals surface area contributed by atoms with Gasteiger partial charge < -0.3 is 14.3 Å². The summed E-state index contributed by atoms with van der Waals surface area (Å²) >= 11 is 0. The second-order valence-electron chi connectivity index (χ2n) is 1.19. The molecule has 8 heavy (non-hydrogen) atoms. The highest BCUT2D eigenvalue weighted by Gasteiger charge is 2.00. The third-order valence-corrected chi connectivity index (χ3v) is 0.979. The van der Waals surface area contributed by atoms with Crippen molar-refractivity contribution in [2.75, 3.05) is 13.2 Å². The van der Waals surface area contributed by atoms with Gasteiger partial charge in [-0.2, -0.15) is 0 Å². The Morgan fingerprint density at radius 2 is 2.25 bits per heavy atom. The molecule has 0 unspecified atom stereocenters. The van der Waals surface area contributed by atoms with E-state index in [4.69, 9.17) is 9.90 Å². The van der Waals surface area contributed by atoms with Crippen LogP contribution in [0.2, 0.25) is 0 Å². The molecule has 4 nitrogen and oxygen atoms in total. The van der Waals surface area contributed by atoms with Gasteiger partial charge in [-0.1, -0.05) is 0 Å². The summed E-state index contributed by atoms with van der Waals surface area (Å²) < 4.78 is 14.0. The smallest absolute Gasteiger partial charge is 0.511 e. The van der Waals surface area contributed by atoms with Gasteiger partial charge in [0.05, 0.1) is 6.61 Å². The molecule has 2 N–H and O–H groups in total. The van der Waals surface area contributed by atoms with Crippen molar-refractivity contribution in [3.63, 3.8) is 0 Å². The SMILES string of the molecule is O=[Si](O)OCCCO. The van der Waals surface area contributed by atoms with Gasteiger partial charge in [0.25, 0.3) is 0 Å². The first-order valence-corrected chi connectivity index (χ1v) is 3.50. The van der Waals surface area contributed by atoms with Crippen molar-refractivity contribution >= 4 is 9.17 Å². The second kappa shape index (κ2) is 4.73. The van der Waals surface area contributed by atoms with Crippen LogP contribution in [0, 0.1) is 0 Å². The van der Waals surface area contributed by atoms with Gasteiger partial charge in [-0.25, -0.2) is 0 Å². The zero-order valence-corrected chi connectivity index (χ0v) is 5.33. The molecule has 0 saturated heterocycles. The Morgan fingerprint density at radius 1 is 1.62 bits per heavy atom. The van der Waals surface area contributed by atoms with Crippen molar-refractivity contribution < 1.29 is 18.8 Å². The highest BCUT2D eigenvalue weighted by Crippen LogP contribution is 1.77. The van der Waals surface area contributed by atoms with Crippen molar-refractivity contribution in [3.8, 4) is 0 Å². The van der Waals surface area contributed by atoms with Gasteiger partial charge in [-0.3, -0.25) is 4.46 Å². The van der Waals surface area contributed by atoms with Crippen LogP contribution in [-0.4, -0.2) is 32.3 Å². The minimum Gasteiger partial charge on any atom is -0.511 e. The first-order chi connectivity index (χ1) is 3.77. The summed E-state index contributed by atoms with van der Waals surface area (Å²) in [5.74, 6) is 0. The number of aliphatic hydroxyl groups excluding tert-OH is 1. The molecule has 0 radical (unpaired) electrons. The summed E-state index contributed by atoms with van der Waals surface area (Å²) in [5.41, 5.74) is 0. The highest BCUT2D eigenvalue weighted by molar-refractivity contribution is 6.24. The maximum atomic E-state index is 9.76. The van der Waals surface area contributed by atoms with Crippen molar-refractivity contribution in [1.29, 1.82) is 0 Å². The van der Waals surface area contributed by atoms with E-state index in [9.17, 15) is 4.46 Å². The minimum absolute atomic E-state index is 0.00481. The molecular formula is C3H8O4Si. The second-order valence-corrected chi connectivity index (χ2v) is 2.01.